The molecule has 29 heavy (non-hydrogen) atoms. The molecule has 9 heteroatoms. The van der Waals surface area contributed by atoms with E-state index in [1.807, 2.05) is 0 Å². The van der Waals surface area contributed by atoms with Gasteiger partial charge < -0.3 is 10.1 Å². The zero-order valence-electron chi connectivity index (χ0n) is 15.7. The highest BCUT2D eigenvalue weighted by molar-refractivity contribution is 7.89. The van der Waals surface area contributed by atoms with E-state index in [0.717, 1.165) is 25.7 Å². The van der Waals surface area contributed by atoms with Crippen LogP contribution in [-0.2, 0) is 14.8 Å². The zero-order chi connectivity index (χ0) is 20.9. The molecule has 1 aliphatic heterocycles. The van der Waals surface area contributed by atoms with Gasteiger partial charge >= 0.3 is 0 Å². The second-order valence-electron chi connectivity index (χ2n) is 6.75. The Bertz CT molecular complexity index is 957. The zero-order valence-corrected chi connectivity index (χ0v) is 18.1. The SMILES string of the molecule is O=C(COc1ccc(Cl)cc1Cl)Nc1ccc(S(=O)(=O)N2CCCCCC2)cc1. The fourth-order valence-electron chi connectivity index (χ4n) is 3.07. The molecule has 0 radical (unpaired) electrons. The molecule has 0 atom stereocenters. The molecular formula is C20H22Cl2N2O4S. The molecule has 3 rings (SSSR count). The molecule has 1 amide bonds. The minimum atomic E-state index is -3.51. The molecule has 0 spiro atoms. The molecule has 0 aliphatic carbocycles. The van der Waals surface area contributed by atoms with Crippen LogP contribution in [0.1, 0.15) is 25.7 Å². The summed E-state index contributed by atoms with van der Waals surface area (Å²) in [6.45, 7) is 0.853. The third kappa shape index (κ3) is 5.85. The standard InChI is InChI=1S/C20H22Cl2N2O4S/c21-15-5-10-19(18(22)13-15)28-14-20(25)23-16-6-8-17(9-7-16)29(26,27)24-11-3-1-2-4-12-24/h5-10,13H,1-4,11-12,14H2,(H,23,25). The van der Waals surface area contributed by atoms with Gasteiger partial charge in [-0.3, -0.25) is 4.79 Å². The van der Waals surface area contributed by atoms with Crippen molar-refractivity contribution in [3.8, 4) is 5.75 Å². The number of amides is 1. The lowest BCUT2D eigenvalue weighted by Gasteiger charge is -2.20. The van der Waals surface area contributed by atoms with E-state index in [2.05, 4.69) is 5.32 Å². The second-order valence-corrected chi connectivity index (χ2v) is 9.54. The summed E-state index contributed by atoms with van der Waals surface area (Å²) in [6.07, 6.45) is 3.87. The Morgan fingerprint density at radius 3 is 2.28 bits per heavy atom. The number of hydrogen-bond donors (Lipinski definition) is 1. The number of nitrogens with zero attached hydrogens (tertiary/aromatic N) is 1. The molecule has 0 unspecified atom stereocenters. The lowest BCUT2D eigenvalue weighted by atomic mass is 10.2. The molecule has 0 aromatic heterocycles. The summed E-state index contributed by atoms with van der Waals surface area (Å²) in [5.41, 5.74) is 0.482. The van der Waals surface area contributed by atoms with E-state index in [1.165, 1.54) is 22.5 Å². The normalized spacial score (nSPS) is 15.5. The summed E-state index contributed by atoms with van der Waals surface area (Å²) in [6, 6.07) is 10.9. The monoisotopic (exact) mass is 456 g/mol. The molecule has 156 valence electrons. The van der Waals surface area contributed by atoms with Crippen molar-refractivity contribution in [1.82, 2.24) is 4.31 Å². The average molecular weight is 457 g/mol. The van der Waals surface area contributed by atoms with Crippen molar-refractivity contribution in [3.05, 3.63) is 52.5 Å². The van der Waals surface area contributed by atoms with Crippen molar-refractivity contribution in [2.24, 2.45) is 0 Å². The smallest absolute Gasteiger partial charge is 0.262 e. The maximum Gasteiger partial charge on any atom is 0.262 e. The van der Waals surface area contributed by atoms with Gasteiger partial charge in [-0.05, 0) is 55.3 Å². The highest BCUT2D eigenvalue weighted by Gasteiger charge is 2.25. The Hall–Kier alpha value is -1.80. The Kier molecular flexibility index (Phi) is 7.40. The van der Waals surface area contributed by atoms with Gasteiger partial charge in [0, 0.05) is 23.8 Å². The van der Waals surface area contributed by atoms with Crippen LogP contribution in [0.5, 0.6) is 5.75 Å². The first-order valence-corrected chi connectivity index (χ1v) is 11.5. The number of sulfonamides is 1. The van der Waals surface area contributed by atoms with Crippen molar-refractivity contribution < 1.29 is 17.9 Å². The summed E-state index contributed by atoms with van der Waals surface area (Å²) in [5.74, 6) is -0.0377. The summed E-state index contributed by atoms with van der Waals surface area (Å²) in [5, 5.41) is 3.46. The van der Waals surface area contributed by atoms with Crippen molar-refractivity contribution in [1.29, 1.82) is 0 Å². The lowest BCUT2D eigenvalue weighted by molar-refractivity contribution is -0.118. The Morgan fingerprint density at radius 2 is 1.66 bits per heavy atom. The fraction of sp³-hybridized carbons (Fsp3) is 0.350. The van der Waals surface area contributed by atoms with Gasteiger partial charge in [-0.25, -0.2) is 8.42 Å². The Balaban J connectivity index is 1.58. The van der Waals surface area contributed by atoms with Crippen LogP contribution in [0.25, 0.3) is 0 Å². The number of halogens is 2. The van der Waals surface area contributed by atoms with Crippen LogP contribution in [0, 0.1) is 0 Å². The number of hydrogen-bond acceptors (Lipinski definition) is 4. The third-order valence-corrected chi connectivity index (χ3v) is 7.04. The minimum absolute atomic E-state index is 0.224. The van der Waals surface area contributed by atoms with Crippen molar-refractivity contribution in [3.63, 3.8) is 0 Å². The summed E-state index contributed by atoms with van der Waals surface area (Å²) >= 11 is 11.8. The third-order valence-electron chi connectivity index (χ3n) is 4.59. The van der Waals surface area contributed by atoms with Gasteiger partial charge in [0.2, 0.25) is 10.0 Å². The molecule has 1 N–H and O–H groups in total. The van der Waals surface area contributed by atoms with Gasteiger partial charge in [0.15, 0.2) is 6.61 Å². The molecule has 1 saturated heterocycles. The van der Waals surface area contributed by atoms with E-state index >= 15 is 0 Å². The summed E-state index contributed by atoms with van der Waals surface area (Å²) in [4.78, 5) is 12.3. The number of benzene rings is 2. The van der Waals surface area contributed by atoms with E-state index in [1.54, 1.807) is 24.3 Å². The summed E-state index contributed by atoms with van der Waals surface area (Å²) < 4.78 is 32.5. The van der Waals surface area contributed by atoms with Gasteiger partial charge in [0.25, 0.3) is 5.91 Å². The molecule has 1 fully saturated rings. The Labute approximate surface area is 180 Å². The number of carbonyl (C=O) groups excluding carboxylic acids is 1. The van der Waals surface area contributed by atoms with Crippen LogP contribution in [0.2, 0.25) is 10.0 Å². The van der Waals surface area contributed by atoms with Crippen LogP contribution in [0.3, 0.4) is 0 Å². The van der Waals surface area contributed by atoms with Crippen molar-refractivity contribution in [2.45, 2.75) is 30.6 Å². The Morgan fingerprint density at radius 1 is 1.00 bits per heavy atom. The maximum absolute atomic E-state index is 12.8. The first kappa shape index (κ1) is 21.9. The number of anilines is 1. The molecule has 1 aliphatic rings. The van der Waals surface area contributed by atoms with Crippen LogP contribution in [-0.4, -0.2) is 38.3 Å². The van der Waals surface area contributed by atoms with E-state index in [-0.39, 0.29) is 17.4 Å². The molecular weight excluding hydrogens is 435 g/mol. The van der Waals surface area contributed by atoms with Crippen LogP contribution < -0.4 is 10.1 Å². The predicted molar refractivity (Wildman–Crippen MR) is 114 cm³/mol. The van der Waals surface area contributed by atoms with E-state index < -0.39 is 10.0 Å². The van der Waals surface area contributed by atoms with Crippen LogP contribution >= 0.6 is 23.2 Å². The van der Waals surface area contributed by atoms with Gasteiger partial charge in [0.1, 0.15) is 5.75 Å². The number of ether oxygens (including phenoxy) is 1. The first-order valence-electron chi connectivity index (χ1n) is 9.34. The largest absolute Gasteiger partial charge is 0.482 e. The maximum atomic E-state index is 12.8. The molecule has 2 aromatic rings. The average Bonchev–Trinajstić information content (AvgIpc) is 2.98. The van der Waals surface area contributed by atoms with E-state index in [4.69, 9.17) is 27.9 Å². The molecule has 0 bridgehead atoms. The van der Waals surface area contributed by atoms with Crippen molar-refractivity contribution in [2.75, 3.05) is 25.0 Å². The fourth-order valence-corrected chi connectivity index (χ4v) is 5.05. The summed E-state index contributed by atoms with van der Waals surface area (Å²) in [7, 11) is -3.51. The minimum Gasteiger partial charge on any atom is -0.482 e. The van der Waals surface area contributed by atoms with Gasteiger partial charge in [-0.2, -0.15) is 4.31 Å². The second kappa shape index (κ2) is 9.80. The molecule has 0 saturated carbocycles. The van der Waals surface area contributed by atoms with Crippen LogP contribution in [0.4, 0.5) is 5.69 Å². The topological polar surface area (TPSA) is 75.7 Å². The molecule has 6 nitrogen and oxygen atoms in total. The molecule has 2 aromatic carbocycles. The molecule has 1 heterocycles. The highest BCUT2D eigenvalue weighted by atomic mass is 35.5. The van der Waals surface area contributed by atoms with Gasteiger partial charge in [-0.15, -0.1) is 0 Å². The van der Waals surface area contributed by atoms with Crippen molar-refractivity contribution >= 4 is 44.8 Å². The van der Waals surface area contributed by atoms with Gasteiger partial charge in [-0.1, -0.05) is 36.0 Å². The van der Waals surface area contributed by atoms with Crippen LogP contribution in [0.15, 0.2) is 47.4 Å². The number of carbonyl (C=O) groups is 1. The lowest BCUT2D eigenvalue weighted by Crippen LogP contribution is -2.31. The predicted octanol–water partition coefficient (Wildman–Crippen LogP) is 4.58. The van der Waals surface area contributed by atoms with E-state index in [0.29, 0.717) is 34.6 Å². The number of nitrogens with one attached hydrogen (secondary N) is 1. The quantitative estimate of drug-likeness (QED) is 0.689. The highest BCUT2D eigenvalue weighted by Crippen LogP contribution is 2.27. The van der Waals surface area contributed by atoms with E-state index in [9.17, 15) is 13.2 Å². The number of rotatable bonds is 6. The van der Waals surface area contributed by atoms with Gasteiger partial charge in [0.05, 0.1) is 9.92 Å². The first-order chi connectivity index (χ1) is 13.9.